The van der Waals surface area contributed by atoms with Crippen LogP contribution in [0.4, 0.5) is 20.1 Å². The van der Waals surface area contributed by atoms with Crippen LogP contribution in [-0.4, -0.2) is 86.5 Å². The van der Waals surface area contributed by atoms with Crippen LogP contribution in [0.15, 0.2) is 68.8 Å². The number of aryl methyl sites for hydroxylation is 1. The summed E-state index contributed by atoms with van der Waals surface area (Å²) in [6, 6.07) is 3.88. The SMILES string of the molecule is C=CCOC(=O)O[C@@H]1[C@@H](OC(=O)OCC=C)[C@H](Oc2ccc(C)cc2[N+](=O)[O-])O[C@H](C(=O)OCC=C)[C@H]1OC(=O)OCC=C. The standard InChI is InChI=1S/C28H31NO15/c1-6-12-36-24(30)22-20(42-26(31)37-13-7-2)21(43-27(32)38-14-8-3)23(44-28(33)39-15-9-4)25(41-22)40-19-11-10-17(5)16-18(19)29(34)35/h6-11,16,20-23,25H,1-4,12-15H2,5H3/t20-,21-,22-,23+,25+/m0/s1. The Labute approximate surface area is 251 Å². The Morgan fingerprint density at radius 1 is 0.795 bits per heavy atom. The predicted molar refractivity (Wildman–Crippen MR) is 148 cm³/mol. The lowest BCUT2D eigenvalue weighted by Gasteiger charge is -2.42. The van der Waals surface area contributed by atoms with Crippen molar-refractivity contribution in [3.8, 4) is 5.75 Å². The number of benzene rings is 1. The van der Waals surface area contributed by atoms with Crippen molar-refractivity contribution in [1.82, 2.24) is 0 Å². The van der Waals surface area contributed by atoms with Gasteiger partial charge in [-0.1, -0.05) is 56.7 Å². The van der Waals surface area contributed by atoms with Crippen LogP contribution < -0.4 is 4.74 Å². The van der Waals surface area contributed by atoms with Crippen molar-refractivity contribution in [1.29, 1.82) is 0 Å². The maximum absolute atomic E-state index is 13.1. The largest absolute Gasteiger partial charge is 0.509 e. The molecule has 44 heavy (non-hydrogen) atoms. The van der Waals surface area contributed by atoms with Crippen molar-refractivity contribution in [2.45, 2.75) is 37.6 Å². The molecule has 16 nitrogen and oxygen atoms in total. The molecule has 0 aromatic heterocycles. The van der Waals surface area contributed by atoms with Crippen LogP contribution >= 0.6 is 0 Å². The van der Waals surface area contributed by atoms with E-state index in [1.54, 1.807) is 6.92 Å². The van der Waals surface area contributed by atoms with Gasteiger partial charge in [-0.2, -0.15) is 0 Å². The highest BCUT2D eigenvalue weighted by atomic mass is 16.8. The molecule has 1 aromatic rings. The summed E-state index contributed by atoms with van der Waals surface area (Å²) < 4.78 is 47.0. The van der Waals surface area contributed by atoms with E-state index in [-0.39, 0.29) is 26.4 Å². The molecular formula is C28H31NO15. The molecule has 0 aliphatic carbocycles. The Bertz CT molecular complexity index is 1250. The van der Waals surface area contributed by atoms with Gasteiger partial charge in [0.05, 0.1) is 4.92 Å². The van der Waals surface area contributed by atoms with Crippen molar-refractivity contribution in [2.24, 2.45) is 0 Å². The van der Waals surface area contributed by atoms with Crippen LogP contribution in [0.5, 0.6) is 5.75 Å². The first-order chi connectivity index (χ1) is 21.1. The van der Waals surface area contributed by atoms with Crippen molar-refractivity contribution in [2.75, 3.05) is 26.4 Å². The smallest absolute Gasteiger partial charge is 0.459 e. The number of carbonyl (C=O) groups excluding carboxylic acids is 4. The molecule has 1 fully saturated rings. The molecule has 1 saturated heterocycles. The van der Waals surface area contributed by atoms with E-state index < -0.39 is 71.5 Å². The second-order valence-electron chi connectivity index (χ2n) is 8.49. The minimum Gasteiger partial charge on any atom is -0.459 e. The van der Waals surface area contributed by atoms with E-state index in [0.717, 1.165) is 0 Å². The Morgan fingerprint density at radius 2 is 1.27 bits per heavy atom. The summed E-state index contributed by atoms with van der Waals surface area (Å²) >= 11 is 0. The average molecular weight is 622 g/mol. The number of hydrogen-bond donors (Lipinski definition) is 0. The molecule has 1 aliphatic rings. The Kier molecular flexibility index (Phi) is 13.9. The summed E-state index contributed by atoms with van der Waals surface area (Å²) in [7, 11) is 0. The zero-order valence-electron chi connectivity index (χ0n) is 23.7. The minimum absolute atomic E-state index is 0.318. The van der Waals surface area contributed by atoms with Crippen molar-refractivity contribution < 1.29 is 66.7 Å². The molecule has 238 valence electrons. The first kappa shape index (κ1) is 34.8. The Hall–Kier alpha value is -5.38. The second-order valence-corrected chi connectivity index (χ2v) is 8.49. The number of nitro groups is 1. The molecule has 0 radical (unpaired) electrons. The monoisotopic (exact) mass is 621 g/mol. The van der Waals surface area contributed by atoms with E-state index in [1.807, 2.05) is 0 Å². The zero-order valence-corrected chi connectivity index (χ0v) is 23.7. The molecule has 0 bridgehead atoms. The number of ether oxygens (including phenoxy) is 9. The maximum Gasteiger partial charge on any atom is 0.509 e. The van der Waals surface area contributed by atoms with Gasteiger partial charge in [0.15, 0.2) is 24.1 Å². The van der Waals surface area contributed by atoms with Gasteiger partial charge in [0.2, 0.25) is 12.4 Å². The molecule has 0 saturated carbocycles. The maximum atomic E-state index is 13.1. The molecular weight excluding hydrogens is 590 g/mol. The van der Waals surface area contributed by atoms with Crippen molar-refractivity contribution in [3.63, 3.8) is 0 Å². The molecule has 1 aromatic carbocycles. The molecule has 16 heteroatoms. The summed E-state index contributed by atoms with van der Waals surface area (Å²) in [6.07, 6.45) is -9.00. The third-order valence-electron chi connectivity index (χ3n) is 5.28. The lowest BCUT2D eigenvalue weighted by molar-refractivity contribution is -0.387. The third kappa shape index (κ3) is 10.2. The fourth-order valence-corrected chi connectivity index (χ4v) is 3.52. The van der Waals surface area contributed by atoms with Crippen molar-refractivity contribution >= 4 is 30.1 Å². The number of hydrogen-bond acceptors (Lipinski definition) is 15. The van der Waals surface area contributed by atoms with Crippen molar-refractivity contribution in [3.05, 3.63) is 84.5 Å². The van der Waals surface area contributed by atoms with Gasteiger partial charge in [-0.05, 0) is 18.6 Å². The second kappa shape index (κ2) is 17.5. The van der Waals surface area contributed by atoms with Gasteiger partial charge in [0.25, 0.3) is 0 Å². The van der Waals surface area contributed by atoms with Gasteiger partial charge in [-0.3, -0.25) is 10.1 Å². The van der Waals surface area contributed by atoms with Crippen LogP contribution in [-0.2, 0) is 42.7 Å². The van der Waals surface area contributed by atoms with E-state index in [4.69, 9.17) is 42.6 Å². The third-order valence-corrected chi connectivity index (χ3v) is 5.28. The van der Waals surface area contributed by atoms with Gasteiger partial charge >= 0.3 is 30.1 Å². The van der Waals surface area contributed by atoms with E-state index >= 15 is 0 Å². The zero-order chi connectivity index (χ0) is 32.6. The normalized spacial score (nSPS) is 20.4. The Morgan fingerprint density at radius 3 is 1.77 bits per heavy atom. The lowest BCUT2D eigenvalue weighted by Crippen LogP contribution is -2.64. The molecule has 2 rings (SSSR count). The number of carbonyl (C=O) groups is 4. The molecule has 0 amide bonds. The minimum atomic E-state index is -1.96. The molecule has 1 aliphatic heterocycles. The van der Waals surface area contributed by atoms with Gasteiger partial charge in [0, 0.05) is 6.07 Å². The van der Waals surface area contributed by atoms with E-state index in [9.17, 15) is 29.3 Å². The number of nitrogens with zero attached hydrogens (tertiary/aromatic N) is 1. The predicted octanol–water partition coefficient (Wildman–Crippen LogP) is 3.86. The summed E-state index contributed by atoms with van der Waals surface area (Å²) in [4.78, 5) is 61.8. The van der Waals surface area contributed by atoms with Crippen LogP contribution in [0.1, 0.15) is 5.56 Å². The van der Waals surface area contributed by atoms with E-state index in [1.165, 1.54) is 42.5 Å². The highest BCUT2D eigenvalue weighted by Crippen LogP contribution is 2.35. The number of nitro benzene ring substituents is 1. The van der Waals surface area contributed by atoms with Crippen LogP contribution in [0.25, 0.3) is 0 Å². The van der Waals surface area contributed by atoms with Crippen LogP contribution in [0, 0.1) is 17.0 Å². The lowest BCUT2D eigenvalue weighted by atomic mass is 9.98. The molecule has 0 unspecified atom stereocenters. The van der Waals surface area contributed by atoms with Gasteiger partial charge in [-0.15, -0.1) is 0 Å². The summed E-state index contributed by atoms with van der Waals surface area (Å²) in [6.45, 7) is 14.0. The van der Waals surface area contributed by atoms with E-state index in [2.05, 4.69) is 26.3 Å². The topological polar surface area (TPSA) is 194 Å². The molecule has 1 heterocycles. The van der Waals surface area contributed by atoms with Crippen LogP contribution in [0.2, 0.25) is 0 Å². The quantitative estimate of drug-likeness (QED) is 0.0899. The van der Waals surface area contributed by atoms with Gasteiger partial charge in [0.1, 0.15) is 26.4 Å². The van der Waals surface area contributed by atoms with Gasteiger partial charge < -0.3 is 42.6 Å². The fourth-order valence-electron chi connectivity index (χ4n) is 3.52. The molecule has 0 spiro atoms. The van der Waals surface area contributed by atoms with Crippen LogP contribution in [0.3, 0.4) is 0 Å². The highest BCUT2D eigenvalue weighted by molar-refractivity contribution is 5.77. The van der Waals surface area contributed by atoms with E-state index in [0.29, 0.717) is 5.56 Å². The first-order valence-corrected chi connectivity index (χ1v) is 12.7. The molecule has 0 N–H and O–H groups in total. The highest BCUT2D eigenvalue weighted by Gasteiger charge is 2.57. The first-order valence-electron chi connectivity index (χ1n) is 12.7. The average Bonchev–Trinajstić information content (AvgIpc) is 2.99. The number of rotatable bonds is 15. The van der Waals surface area contributed by atoms with Gasteiger partial charge in [-0.25, -0.2) is 19.2 Å². The summed E-state index contributed by atoms with van der Waals surface area (Å²) in [5.41, 5.74) is -0.0282. The fraction of sp³-hybridized carbons (Fsp3) is 0.357. The molecule has 5 atom stereocenters. The number of esters is 1. The Balaban J connectivity index is 2.69. The summed E-state index contributed by atoms with van der Waals surface area (Å²) in [5, 5.41) is 11.8. The summed E-state index contributed by atoms with van der Waals surface area (Å²) in [5.74, 6) is -1.58.